The van der Waals surface area contributed by atoms with Crippen molar-refractivity contribution in [2.24, 2.45) is 0 Å². The minimum absolute atomic E-state index is 0.138. The molecule has 1 fully saturated rings. The maximum Gasteiger partial charge on any atom is 0.245 e. The van der Waals surface area contributed by atoms with Crippen molar-refractivity contribution in [3.63, 3.8) is 0 Å². The fraction of sp³-hybridized carbons (Fsp3) is 0.467. The number of para-hydroxylation sites is 2. The summed E-state index contributed by atoms with van der Waals surface area (Å²) in [5, 5.41) is 0. The highest BCUT2D eigenvalue weighted by molar-refractivity contribution is 5.85. The highest BCUT2D eigenvalue weighted by Crippen LogP contribution is 2.24. The third kappa shape index (κ3) is 2.13. The number of benzene rings is 1. The number of aromatic nitrogens is 2. The van der Waals surface area contributed by atoms with E-state index in [1.807, 2.05) is 40.7 Å². The van der Waals surface area contributed by atoms with E-state index in [-0.39, 0.29) is 11.9 Å². The Morgan fingerprint density at radius 2 is 1.95 bits per heavy atom. The molecule has 1 saturated heterocycles. The predicted octanol–water partition coefficient (Wildman–Crippen LogP) is 2.19. The van der Waals surface area contributed by atoms with Crippen molar-refractivity contribution >= 4 is 22.9 Å². The monoisotopic (exact) mass is 272 g/mol. The van der Waals surface area contributed by atoms with Crippen LogP contribution >= 0.6 is 0 Å². The number of nitrogens with zero attached hydrogens (tertiary/aromatic N) is 3. The van der Waals surface area contributed by atoms with Gasteiger partial charge in [0.2, 0.25) is 11.9 Å². The molecule has 106 valence electrons. The largest absolute Gasteiger partial charge is 0.369 e. The number of piperidine rings is 1. The summed E-state index contributed by atoms with van der Waals surface area (Å²) in [6.45, 7) is 3.62. The molecule has 1 aromatic carbocycles. The Bertz CT molecular complexity index is 628. The van der Waals surface area contributed by atoms with Crippen molar-refractivity contribution in [2.45, 2.75) is 32.2 Å². The van der Waals surface area contributed by atoms with Gasteiger partial charge in [0, 0.05) is 13.1 Å². The molecule has 1 aromatic heterocycles. The number of nitrogen functional groups attached to an aromatic ring is 1. The summed E-state index contributed by atoms with van der Waals surface area (Å²) in [6, 6.07) is 7.44. The molecule has 2 N–H and O–H groups in total. The molecule has 0 bridgehead atoms. The third-order valence-electron chi connectivity index (χ3n) is 4.04. The lowest BCUT2D eigenvalue weighted by atomic mass is 10.1. The first-order chi connectivity index (χ1) is 9.68. The molecule has 5 heteroatoms. The minimum Gasteiger partial charge on any atom is -0.369 e. The maximum atomic E-state index is 12.6. The van der Waals surface area contributed by atoms with Gasteiger partial charge >= 0.3 is 0 Å². The quantitative estimate of drug-likeness (QED) is 0.911. The van der Waals surface area contributed by atoms with E-state index in [2.05, 4.69) is 4.98 Å². The molecule has 1 amide bonds. The summed E-state index contributed by atoms with van der Waals surface area (Å²) in [4.78, 5) is 18.9. The number of nitrogens with two attached hydrogens (primary N) is 1. The molecule has 0 aliphatic carbocycles. The van der Waals surface area contributed by atoms with Crippen LogP contribution in [0.15, 0.2) is 24.3 Å². The Balaban J connectivity index is 1.93. The van der Waals surface area contributed by atoms with Crippen LogP contribution in [0.3, 0.4) is 0 Å². The van der Waals surface area contributed by atoms with Gasteiger partial charge in [0.15, 0.2) is 0 Å². The maximum absolute atomic E-state index is 12.6. The molecular weight excluding hydrogens is 252 g/mol. The lowest BCUT2D eigenvalue weighted by Gasteiger charge is -2.30. The molecule has 2 heterocycles. The molecule has 5 nitrogen and oxygen atoms in total. The van der Waals surface area contributed by atoms with Gasteiger partial charge in [0.1, 0.15) is 6.04 Å². The van der Waals surface area contributed by atoms with Gasteiger partial charge in [0.25, 0.3) is 0 Å². The van der Waals surface area contributed by atoms with Gasteiger partial charge in [-0.25, -0.2) is 4.98 Å². The number of fused-ring (bicyclic) bond motifs is 1. The SMILES string of the molecule is CC(C(=O)N1CCCCC1)n1c(N)nc2ccccc21. The number of anilines is 1. The topological polar surface area (TPSA) is 64.2 Å². The van der Waals surface area contributed by atoms with Gasteiger partial charge in [-0.1, -0.05) is 12.1 Å². The van der Waals surface area contributed by atoms with Crippen molar-refractivity contribution in [1.82, 2.24) is 14.5 Å². The second kappa shape index (κ2) is 5.15. The van der Waals surface area contributed by atoms with Crippen LogP contribution in [-0.2, 0) is 4.79 Å². The van der Waals surface area contributed by atoms with Crippen LogP contribution in [0, 0.1) is 0 Å². The Hall–Kier alpha value is -2.04. The average molecular weight is 272 g/mol. The summed E-state index contributed by atoms with van der Waals surface area (Å²) in [6.07, 6.45) is 3.41. The lowest BCUT2D eigenvalue weighted by Crippen LogP contribution is -2.39. The van der Waals surface area contributed by atoms with Crippen LogP contribution < -0.4 is 5.73 Å². The zero-order chi connectivity index (χ0) is 14.1. The molecule has 20 heavy (non-hydrogen) atoms. The normalized spacial score (nSPS) is 17.4. The summed E-state index contributed by atoms with van der Waals surface area (Å²) >= 11 is 0. The third-order valence-corrected chi connectivity index (χ3v) is 4.04. The van der Waals surface area contributed by atoms with E-state index in [1.165, 1.54) is 6.42 Å². The van der Waals surface area contributed by atoms with Gasteiger partial charge in [0.05, 0.1) is 11.0 Å². The van der Waals surface area contributed by atoms with Gasteiger partial charge in [-0.15, -0.1) is 0 Å². The molecular formula is C15H20N4O. The first-order valence-electron chi connectivity index (χ1n) is 7.19. The van der Waals surface area contributed by atoms with E-state index in [0.717, 1.165) is 37.0 Å². The lowest BCUT2D eigenvalue weighted by molar-refractivity contribution is -0.135. The smallest absolute Gasteiger partial charge is 0.245 e. The Morgan fingerprint density at radius 3 is 2.70 bits per heavy atom. The Kier molecular flexibility index (Phi) is 3.34. The summed E-state index contributed by atoms with van der Waals surface area (Å²) in [5.41, 5.74) is 7.76. The van der Waals surface area contributed by atoms with E-state index in [1.54, 1.807) is 0 Å². The standard InChI is InChI=1S/C15H20N4O/c1-11(14(20)18-9-5-2-6-10-18)19-13-8-4-3-7-12(13)17-15(19)16/h3-4,7-8,11H,2,5-6,9-10H2,1H3,(H2,16,17). The Labute approximate surface area is 118 Å². The molecule has 1 aliphatic heterocycles. The molecule has 0 radical (unpaired) electrons. The second-order valence-electron chi connectivity index (χ2n) is 5.39. The fourth-order valence-corrected chi connectivity index (χ4v) is 2.96. The summed E-state index contributed by atoms with van der Waals surface area (Å²) in [5.74, 6) is 0.545. The van der Waals surface area contributed by atoms with Crippen LogP contribution in [0.4, 0.5) is 5.95 Å². The Morgan fingerprint density at radius 1 is 1.25 bits per heavy atom. The zero-order valence-corrected chi connectivity index (χ0v) is 11.7. The number of carbonyl (C=O) groups is 1. The molecule has 0 saturated carbocycles. The molecule has 1 aliphatic rings. The molecule has 2 aromatic rings. The average Bonchev–Trinajstić information content (AvgIpc) is 2.82. The fourth-order valence-electron chi connectivity index (χ4n) is 2.96. The molecule has 1 unspecified atom stereocenters. The van der Waals surface area contributed by atoms with Gasteiger partial charge < -0.3 is 10.6 Å². The van der Waals surface area contributed by atoms with Crippen LogP contribution in [0.1, 0.15) is 32.2 Å². The number of likely N-dealkylation sites (tertiary alicyclic amines) is 1. The van der Waals surface area contributed by atoms with Crippen molar-refractivity contribution in [3.05, 3.63) is 24.3 Å². The highest BCUT2D eigenvalue weighted by atomic mass is 16.2. The van der Waals surface area contributed by atoms with Gasteiger partial charge in [-0.3, -0.25) is 9.36 Å². The van der Waals surface area contributed by atoms with E-state index < -0.39 is 0 Å². The van der Waals surface area contributed by atoms with E-state index >= 15 is 0 Å². The first-order valence-corrected chi connectivity index (χ1v) is 7.19. The van der Waals surface area contributed by atoms with Crippen molar-refractivity contribution in [2.75, 3.05) is 18.8 Å². The highest BCUT2D eigenvalue weighted by Gasteiger charge is 2.25. The van der Waals surface area contributed by atoms with Crippen LogP contribution in [-0.4, -0.2) is 33.4 Å². The molecule has 3 rings (SSSR count). The zero-order valence-electron chi connectivity index (χ0n) is 11.7. The number of carbonyl (C=O) groups excluding carboxylic acids is 1. The summed E-state index contributed by atoms with van der Waals surface area (Å²) < 4.78 is 1.84. The number of hydrogen-bond donors (Lipinski definition) is 1. The number of amides is 1. The van der Waals surface area contributed by atoms with Crippen LogP contribution in [0.5, 0.6) is 0 Å². The van der Waals surface area contributed by atoms with Crippen molar-refractivity contribution in [3.8, 4) is 0 Å². The summed E-state index contributed by atoms with van der Waals surface area (Å²) in [7, 11) is 0. The van der Waals surface area contributed by atoms with Gasteiger partial charge in [-0.05, 0) is 38.3 Å². The van der Waals surface area contributed by atoms with Crippen molar-refractivity contribution in [1.29, 1.82) is 0 Å². The predicted molar refractivity (Wildman–Crippen MR) is 79.3 cm³/mol. The molecule has 1 atom stereocenters. The number of hydrogen-bond acceptors (Lipinski definition) is 3. The van der Waals surface area contributed by atoms with E-state index in [0.29, 0.717) is 5.95 Å². The second-order valence-corrected chi connectivity index (χ2v) is 5.39. The van der Waals surface area contributed by atoms with E-state index in [4.69, 9.17) is 5.73 Å². The first kappa shape index (κ1) is 13.0. The number of rotatable bonds is 2. The van der Waals surface area contributed by atoms with Gasteiger partial charge in [-0.2, -0.15) is 0 Å². The number of imidazole rings is 1. The van der Waals surface area contributed by atoms with Crippen LogP contribution in [0.25, 0.3) is 11.0 Å². The van der Waals surface area contributed by atoms with Crippen LogP contribution in [0.2, 0.25) is 0 Å². The molecule has 0 spiro atoms. The minimum atomic E-state index is -0.305. The van der Waals surface area contributed by atoms with E-state index in [9.17, 15) is 4.79 Å². The van der Waals surface area contributed by atoms with Crippen molar-refractivity contribution < 1.29 is 4.79 Å².